The minimum Gasteiger partial charge on any atom is -0.495 e. The standard InChI is InChI=1S/C22H21ClN2O5S/c1-13(2)30-16-7-4-14(5-8-16)10-19-21(27)25(22(28)31-19)12-20(26)24-15-6-9-18(29-3)17(23)11-15/h4-11,13H,12H2,1-3H3,(H,24,26)/b19-10-. The van der Waals surface area contributed by atoms with Crippen molar-refractivity contribution in [3.8, 4) is 11.5 Å². The number of hydrogen-bond acceptors (Lipinski definition) is 6. The summed E-state index contributed by atoms with van der Waals surface area (Å²) in [5.41, 5.74) is 1.18. The minimum atomic E-state index is -0.514. The molecule has 1 aliphatic heterocycles. The molecule has 0 atom stereocenters. The number of nitrogens with zero attached hydrogens (tertiary/aromatic N) is 1. The summed E-state index contributed by atoms with van der Waals surface area (Å²) in [6, 6.07) is 11.9. The molecule has 0 bridgehead atoms. The highest BCUT2D eigenvalue weighted by Gasteiger charge is 2.36. The fraction of sp³-hybridized carbons (Fsp3) is 0.227. The number of thioether (sulfide) groups is 1. The van der Waals surface area contributed by atoms with Gasteiger partial charge in [-0.15, -0.1) is 0 Å². The molecule has 1 fully saturated rings. The summed E-state index contributed by atoms with van der Waals surface area (Å²) >= 11 is 6.84. The molecule has 1 heterocycles. The number of carbonyl (C=O) groups is 3. The van der Waals surface area contributed by atoms with Gasteiger partial charge in [0.05, 0.1) is 23.1 Å². The van der Waals surface area contributed by atoms with Gasteiger partial charge in [-0.3, -0.25) is 19.3 Å². The van der Waals surface area contributed by atoms with Crippen LogP contribution in [0.3, 0.4) is 0 Å². The zero-order valence-electron chi connectivity index (χ0n) is 17.2. The molecule has 1 N–H and O–H groups in total. The lowest BCUT2D eigenvalue weighted by molar-refractivity contribution is -0.127. The van der Waals surface area contributed by atoms with Gasteiger partial charge in [0, 0.05) is 5.69 Å². The Hall–Kier alpha value is -2.97. The van der Waals surface area contributed by atoms with Crippen molar-refractivity contribution in [2.24, 2.45) is 0 Å². The van der Waals surface area contributed by atoms with Gasteiger partial charge in [-0.25, -0.2) is 0 Å². The van der Waals surface area contributed by atoms with E-state index in [-0.39, 0.29) is 11.0 Å². The summed E-state index contributed by atoms with van der Waals surface area (Å²) in [7, 11) is 1.49. The second kappa shape index (κ2) is 9.89. The van der Waals surface area contributed by atoms with Crippen molar-refractivity contribution >= 4 is 52.2 Å². The number of hydrogen-bond donors (Lipinski definition) is 1. The Morgan fingerprint density at radius 3 is 2.52 bits per heavy atom. The van der Waals surface area contributed by atoms with Crippen LogP contribution in [-0.4, -0.2) is 41.7 Å². The van der Waals surface area contributed by atoms with E-state index in [0.29, 0.717) is 16.5 Å². The molecule has 0 radical (unpaired) electrons. The largest absolute Gasteiger partial charge is 0.495 e. The molecular formula is C22H21ClN2O5S. The topological polar surface area (TPSA) is 84.9 Å². The highest BCUT2D eigenvalue weighted by Crippen LogP contribution is 2.32. The van der Waals surface area contributed by atoms with E-state index < -0.39 is 23.6 Å². The predicted molar refractivity (Wildman–Crippen MR) is 122 cm³/mol. The van der Waals surface area contributed by atoms with Crippen LogP contribution in [0.4, 0.5) is 10.5 Å². The molecule has 2 aromatic rings. The lowest BCUT2D eigenvalue weighted by Crippen LogP contribution is -2.36. The van der Waals surface area contributed by atoms with Crippen molar-refractivity contribution in [2.75, 3.05) is 19.0 Å². The lowest BCUT2D eigenvalue weighted by Gasteiger charge is -2.13. The van der Waals surface area contributed by atoms with Crippen molar-refractivity contribution in [3.63, 3.8) is 0 Å². The molecule has 162 valence electrons. The van der Waals surface area contributed by atoms with E-state index in [1.54, 1.807) is 42.5 Å². The predicted octanol–water partition coefficient (Wildman–Crippen LogP) is 4.81. The van der Waals surface area contributed by atoms with Crippen molar-refractivity contribution < 1.29 is 23.9 Å². The summed E-state index contributed by atoms with van der Waals surface area (Å²) in [5.74, 6) is 0.162. The van der Waals surface area contributed by atoms with E-state index in [9.17, 15) is 14.4 Å². The minimum absolute atomic E-state index is 0.0578. The van der Waals surface area contributed by atoms with Crippen LogP contribution in [0.1, 0.15) is 19.4 Å². The Morgan fingerprint density at radius 1 is 1.19 bits per heavy atom. The number of amides is 3. The van der Waals surface area contributed by atoms with Gasteiger partial charge in [0.1, 0.15) is 18.0 Å². The van der Waals surface area contributed by atoms with Gasteiger partial charge in [0.2, 0.25) is 5.91 Å². The number of halogens is 1. The maximum Gasteiger partial charge on any atom is 0.294 e. The van der Waals surface area contributed by atoms with E-state index in [2.05, 4.69) is 5.32 Å². The summed E-state index contributed by atoms with van der Waals surface area (Å²) < 4.78 is 10.7. The average Bonchev–Trinajstić information content (AvgIpc) is 2.96. The van der Waals surface area contributed by atoms with E-state index in [1.165, 1.54) is 13.2 Å². The van der Waals surface area contributed by atoms with Gasteiger partial charge in [-0.2, -0.15) is 0 Å². The monoisotopic (exact) mass is 460 g/mol. The number of nitrogens with one attached hydrogen (secondary N) is 1. The SMILES string of the molecule is COc1ccc(NC(=O)CN2C(=O)S/C(=C\c3ccc(OC(C)C)cc3)C2=O)cc1Cl. The maximum absolute atomic E-state index is 12.6. The normalized spacial score (nSPS) is 15.0. The first-order valence-electron chi connectivity index (χ1n) is 9.42. The second-order valence-electron chi connectivity index (χ2n) is 6.90. The Kier molecular flexibility index (Phi) is 7.25. The first kappa shape index (κ1) is 22.7. The number of imide groups is 1. The quantitative estimate of drug-likeness (QED) is 0.597. The molecule has 9 heteroatoms. The molecule has 7 nitrogen and oxygen atoms in total. The van der Waals surface area contributed by atoms with Crippen LogP contribution < -0.4 is 14.8 Å². The van der Waals surface area contributed by atoms with Gasteiger partial charge in [0.15, 0.2) is 0 Å². The summed E-state index contributed by atoms with van der Waals surface area (Å²) in [5, 5.41) is 2.45. The smallest absolute Gasteiger partial charge is 0.294 e. The van der Waals surface area contributed by atoms with Crippen LogP contribution >= 0.6 is 23.4 Å². The average molecular weight is 461 g/mol. The van der Waals surface area contributed by atoms with Crippen LogP contribution in [0.25, 0.3) is 6.08 Å². The first-order valence-corrected chi connectivity index (χ1v) is 10.6. The number of rotatable bonds is 7. The number of benzene rings is 2. The second-order valence-corrected chi connectivity index (χ2v) is 8.30. The lowest BCUT2D eigenvalue weighted by atomic mass is 10.2. The molecule has 0 aliphatic carbocycles. The number of anilines is 1. The van der Waals surface area contributed by atoms with Gasteiger partial charge in [0.25, 0.3) is 11.1 Å². The van der Waals surface area contributed by atoms with Crippen molar-refractivity contribution in [2.45, 2.75) is 20.0 Å². The van der Waals surface area contributed by atoms with Gasteiger partial charge in [-0.1, -0.05) is 23.7 Å². The fourth-order valence-electron chi connectivity index (χ4n) is 2.79. The molecule has 0 aromatic heterocycles. The van der Waals surface area contributed by atoms with Crippen LogP contribution in [0, 0.1) is 0 Å². The summed E-state index contributed by atoms with van der Waals surface area (Å²) in [6.45, 7) is 3.47. The molecule has 0 saturated carbocycles. The first-order chi connectivity index (χ1) is 14.8. The molecular weight excluding hydrogens is 440 g/mol. The van der Waals surface area contributed by atoms with Crippen LogP contribution in [0.2, 0.25) is 5.02 Å². The molecule has 1 saturated heterocycles. The van der Waals surface area contributed by atoms with Crippen LogP contribution in [0.5, 0.6) is 11.5 Å². The number of ether oxygens (including phenoxy) is 2. The Bertz CT molecular complexity index is 1040. The van der Waals surface area contributed by atoms with E-state index in [4.69, 9.17) is 21.1 Å². The van der Waals surface area contributed by atoms with Gasteiger partial charge in [-0.05, 0) is 67.6 Å². The maximum atomic E-state index is 12.6. The molecule has 0 spiro atoms. The van der Waals surface area contributed by atoms with Crippen molar-refractivity contribution in [1.82, 2.24) is 4.90 Å². The third kappa shape index (κ3) is 5.80. The third-order valence-electron chi connectivity index (χ3n) is 4.16. The Labute approximate surface area is 189 Å². The van der Waals surface area contributed by atoms with E-state index in [1.807, 2.05) is 13.8 Å². The van der Waals surface area contributed by atoms with Crippen LogP contribution in [-0.2, 0) is 9.59 Å². The molecule has 3 rings (SSSR count). The van der Waals surface area contributed by atoms with Crippen LogP contribution in [0.15, 0.2) is 47.4 Å². The Balaban J connectivity index is 1.65. The number of carbonyl (C=O) groups excluding carboxylic acids is 3. The highest BCUT2D eigenvalue weighted by atomic mass is 35.5. The summed E-state index contributed by atoms with van der Waals surface area (Å²) in [6.07, 6.45) is 1.67. The Morgan fingerprint density at radius 2 is 1.90 bits per heavy atom. The van der Waals surface area contributed by atoms with Gasteiger partial charge >= 0.3 is 0 Å². The molecule has 1 aliphatic rings. The fourth-order valence-corrected chi connectivity index (χ4v) is 3.89. The van der Waals surface area contributed by atoms with Crippen molar-refractivity contribution in [1.29, 1.82) is 0 Å². The third-order valence-corrected chi connectivity index (χ3v) is 5.36. The zero-order chi connectivity index (χ0) is 22.5. The number of methoxy groups -OCH3 is 1. The van der Waals surface area contributed by atoms with Crippen molar-refractivity contribution in [3.05, 3.63) is 58.0 Å². The van der Waals surface area contributed by atoms with E-state index in [0.717, 1.165) is 28.0 Å². The molecule has 3 amide bonds. The van der Waals surface area contributed by atoms with Gasteiger partial charge < -0.3 is 14.8 Å². The molecule has 31 heavy (non-hydrogen) atoms. The highest BCUT2D eigenvalue weighted by molar-refractivity contribution is 8.18. The summed E-state index contributed by atoms with van der Waals surface area (Å²) in [4.78, 5) is 38.4. The van der Waals surface area contributed by atoms with E-state index >= 15 is 0 Å². The molecule has 2 aromatic carbocycles. The molecule has 0 unspecified atom stereocenters. The zero-order valence-corrected chi connectivity index (χ0v) is 18.8.